The Morgan fingerprint density at radius 2 is 1.30 bits per heavy atom. The fourth-order valence-electron chi connectivity index (χ4n) is 7.04. The van der Waals surface area contributed by atoms with Crippen LogP contribution in [0.3, 0.4) is 0 Å². The van der Waals surface area contributed by atoms with E-state index in [1.165, 1.54) is 21.5 Å². The minimum Gasteiger partial charge on any atom is -0.444 e. The second-order valence-corrected chi connectivity index (χ2v) is 15.1. The number of benzene rings is 4. The Bertz CT molecular complexity index is 2190. The molecule has 2 N–H and O–H groups in total. The summed E-state index contributed by atoms with van der Waals surface area (Å²) in [7, 11) is 2.04. The number of amides is 1. The molecule has 0 radical (unpaired) electrons. The summed E-state index contributed by atoms with van der Waals surface area (Å²) in [5, 5.41) is 11.7. The standard InChI is InChI=1S/C25H30N4O2.C19H20N4/c1-25(2,3)31-24(30)29-15-12-21(13-16-29)28(4)23-26-14-11-22(27-23)20-10-9-18-7-5-6-8-19(18)17-20;1-2-4-15-13-16(6-5-14(15)3-1)18-9-12-21-19(23-18)22-17-7-10-20-11-8-17/h5-11,14,17,21H,12-13,15-16H2,1-4H3;1-6,9,12-13,17,20H,7-8,10-11H2,(H,21,22,23). The third-order valence-electron chi connectivity index (χ3n) is 10.0. The van der Waals surface area contributed by atoms with Gasteiger partial charge in [0.25, 0.3) is 0 Å². The number of piperidine rings is 2. The minimum absolute atomic E-state index is 0.233. The highest BCUT2D eigenvalue weighted by Crippen LogP contribution is 2.27. The van der Waals surface area contributed by atoms with Gasteiger partial charge in [0.1, 0.15) is 5.60 Å². The maximum Gasteiger partial charge on any atom is 0.410 e. The molecule has 4 aromatic carbocycles. The van der Waals surface area contributed by atoms with E-state index in [0.29, 0.717) is 25.1 Å². The van der Waals surface area contributed by atoms with Crippen LogP contribution in [0.25, 0.3) is 44.1 Å². The zero-order chi connectivity index (χ0) is 37.5. The molecule has 54 heavy (non-hydrogen) atoms. The Kier molecular flexibility index (Phi) is 11.3. The van der Waals surface area contributed by atoms with Crippen LogP contribution in [0, 0.1) is 0 Å². The van der Waals surface area contributed by atoms with Crippen LogP contribution in [0.1, 0.15) is 46.5 Å². The Morgan fingerprint density at radius 3 is 1.89 bits per heavy atom. The summed E-state index contributed by atoms with van der Waals surface area (Å²) < 4.78 is 5.50. The minimum atomic E-state index is -0.470. The Labute approximate surface area is 318 Å². The van der Waals surface area contributed by atoms with Crippen molar-refractivity contribution >= 4 is 39.5 Å². The Hall–Kier alpha value is -5.61. The zero-order valence-electron chi connectivity index (χ0n) is 31.7. The van der Waals surface area contributed by atoms with Crippen LogP contribution in [-0.2, 0) is 4.74 Å². The molecule has 0 unspecified atom stereocenters. The Balaban J connectivity index is 0.000000174. The van der Waals surface area contributed by atoms with Crippen LogP contribution in [-0.4, -0.2) is 81.8 Å². The van der Waals surface area contributed by atoms with E-state index < -0.39 is 5.60 Å². The van der Waals surface area contributed by atoms with Crippen molar-refractivity contribution in [2.75, 3.05) is 43.4 Å². The molecule has 2 aliphatic rings. The fraction of sp³-hybridized carbons (Fsp3) is 0.341. The fourth-order valence-corrected chi connectivity index (χ4v) is 7.04. The number of aromatic nitrogens is 4. The van der Waals surface area contributed by atoms with Crippen LogP contribution in [0.4, 0.5) is 16.7 Å². The van der Waals surface area contributed by atoms with E-state index in [-0.39, 0.29) is 12.1 Å². The smallest absolute Gasteiger partial charge is 0.410 e. The van der Waals surface area contributed by atoms with Gasteiger partial charge in [-0.25, -0.2) is 24.7 Å². The SMILES string of the molecule is CN(c1nccc(-c2ccc3ccccc3c2)n1)C1CCN(C(=O)OC(C)(C)C)CC1.c1ccc2cc(-c3ccnc(NC4CCNCC4)n3)ccc2c1. The van der Waals surface area contributed by atoms with E-state index in [9.17, 15) is 4.79 Å². The molecule has 8 rings (SSSR count). The maximum absolute atomic E-state index is 12.3. The van der Waals surface area contributed by atoms with Crippen molar-refractivity contribution in [1.82, 2.24) is 30.2 Å². The summed E-state index contributed by atoms with van der Waals surface area (Å²) in [6.07, 6.45) is 7.37. The lowest BCUT2D eigenvalue weighted by Crippen LogP contribution is -2.47. The molecule has 4 heterocycles. The number of nitrogens with one attached hydrogen (secondary N) is 2. The molecule has 0 bridgehead atoms. The molecule has 1 amide bonds. The summed E-state index contributed by atoms with van der Waals surface area (Å²) >= 11 is 0. The van der Waals surface area contributed by atoms with Gasteiger partial charge in [-0.2, -0.15) is 0 Å². The molecule has 0 spiro atoms. The van der Waals surface area contributed by atoms with Gasteiger partial charge in [0.15, 0.2) is 0 Å². The highest BCUT2D eigenvalue weighted by Gasteiger charge is 2.29. The number of likely N-dealkylation sites (tertiary alicyclic amines) is 1. The summed E-state index contributed by atoms with van der Waals surface area (Å²) in [6.45, 7) is 9.15. The predicted molar refractivity (Wildman–Crippen MR) is 219 cm³/mol. The number of nitrogens with zero attached hydrogens (tertiary/aromatic N) is 6. The average Bonchev–Trinajstić information content (AvgIpc) is 3.20. The first-order chi connectivity index (χ1) is 26.2. The number of rotatable bonds is 6. The van der Waals surface area contributed by atoms with E-state index in [0.717, 1.165) is 67.2 Å². The molecule has 2 saturated heterocycles. The molecule has 6 aromatic rings. The number of carbonyl (C=O) groups excluding carboxylic acids is 1. The van der Waals surface area contributed by atoms with Gasteiger partial charge < -0.3 is 25.2 Å². The van der Waals surface area contributed by atoms with Crippen LogP contribution in [0.15, 0.2) is 109 Å². The van der Waals surface area contributed by atoms with E-state index >= 15 is 0 Å². The monoisotopic (exact) mass is 722 g/mol. The summed E-state index contributed by atoms with van der Waals surface area (Å²) in [6, 6.07) is 34.2. The third kappa shape index (κ3) is 9.30. The number of fused-ring (bicyclic) bond motifs is 2. The second-order valence-electron chi connectivity index (χ2n) is 15.1. The predicted octanol–water partition coefficient (Wildman–Crippen LogP) is 8.59. The topological polar surface area (TPSA) is 108 Å². The molecule has 0 saturated carbocycles. The maximum atomic E-state index is 12.3. The van der Waals surface area contributed by atoms with Crippen LogP contribution < -0.4 is 15.5 Å². The second kappa shape index (κ2) is 16.6. The lowest BCUT2D eigenvalue weighted by Gasteiger charge is -2.37. The lowest BCUT2D eigenvalue weighted by atomic mass is 10.0. The van der Waals surface area contributed by atoms with Gasteiger partial charge >= 0.3 is 6.09 Å². The highest BCUT2D eigenvalue weighted by atomic mass is 16.6. The van der Waals surface area contributed by atoms with Crippen molar-refractivity contribution in [2.45, 2.75) is 64.1 Å². The molecule has 10 nitrogen and oxygen atoms in total. The van der Waals surface area contributed by atoms with Gasteiger partial charge in [-0.05, 0) is 105 Å². The van der Waals surface area contributed by atoms with Gasteiger partial charge in [-0.3, -0.25) is 0 Å². The molecule has 0 aliphatic carbocycles. The molecule has 2 aliphatic heterocycles. The van der Waals surface area contributed by atoms with Gasteiger partial charge in [0.2, 0.25) is 11.9 Å². The molecule has 10 heteroatoms. The number of anilines is 2. The van der Waals surface area contributed by atoms with Gasteiger partial charge in [-0.1, -0.05) is 72.8 Å². The van der Waals surface area contributed by atoms with Gasteiger partial charge in [0.05, 0.1) is 11.4 Å². The largest absolute Gasteiger partial charge is 0.444 e. The van der Waals surface area contributed by atoms with Crippen LogP contribution in [0.2, 0.25) is 0 Å². The number of hydrogen-bond donors (Lipinski definition) is 2. The quantitative estimate of drug-likeness (QED) is 0.175. The number of ether oxygens (including phenoxy) is 1. The molecular weight excluding hydrogens is 673 g/mol. The summed E-state index contributed by atoms with van der Waals surface area (Å²) in [4.78, 5) is 34.7. The molecule has 2 fully saturated rings. The van der Waals surface area contributed by atoms with E-state index in [1.54, 1.807) is 4.90 Å². The van der Waals surface area contributed by atoms with Crippen molar-refractivity contribution < 1.29 is 9.53 Å². The van der Waals surface area contributed by atoms with Crippen LogP contribution in [0.5, 0.6) is 0 Å². The Morgan fingerprint density at radius 1 is 0.741 bits per heavy atom. The van der Waals surface area contributed by atoms with Crippen molar-refractivity contribution in [3.05, 3.63) is 109 Å². The highest BCUT2D eigenvalue weighted by molar-refractivity contribution is 5.87. The molecule has 2 aromatic heterocycles. The van der Waals surface area contributed by atoms with Crippen LogP contribution >= 0.6 is 0 Å². The normalized spacial score (nSPS) is 15.4. The average molecular weight is 723 g/mol. The number of hydrogen-bond acceptors (Lipinski definition) is 9. The van der Waals surface area contributed by atoms with Crippen molar-refractivity contribution in [1.29, 1.82) is 0 Å². The molecular formula is C44H50N8O2. The van der Waals surface area contributed by atoms with Gasteiger partial charge in [0, 0.05) is 55.7 Å². The van der Waals surface area contributed by atoms with Crippen molar-refractivity contribution in [2.24, 2.45) is 0 Å². The van der Waals surface area contributed by atoms with E-state index in [1.807, 2.05) is 58.4 Å². The van der Waals surface area contributed by atoms with Crippen molar-refractivity contribution in [3.63, 3.8) is 0 Å². The van der Waals surface area contributed by atoms with E-state index in [4.69, 9.17) is 14.7 Å². The first-order valence-electron chi connectivity index (χ1n) is 19.0. The first-order valence-corrected chi connectivity index (χ1v) is 19.0. The molecule has 278 valence electrons. The lowest BCUT2D eigenvalue weighted by molar-refractivity contribution is 0.0205. The third-order valence-corrected chi connectivity index (χ3v) is 10.0. The zero-order valence-corrected chi connectivity index (χ0v) is 31.7. The number of carbonyl (C=O) groups is 1. The molecule has 0 atom stereocenters. The van der Waals surface area contributed by atoms with E-state index in [2.05, 4.69) is 104 Å². The van der Waals surface area contributed by atoms with Gasteiger partial charge in [-0.15, -0.1) is 0 Å². The summed E-state index contributed by atoms with van der Waals surface area (Å²) in [5.74, 6) is 1.43. The first kappa shape index (κ1) is 36.7. The summed E-state index contributed by atoms with van der Waals surface area (Å²) in [5.41, 5.74) is 3.60. The van der Waals surface area contributed by atoms with Crippen molar-refractivity contribution in [3.8, 4) is 22.5 Å².